The van der Waals surface area contributed by atoms with Crippen LogP contribution in [0.3, 0.4) is 0 Å². The third-order valence-corrected chi connectivity index (χ3v) is 3.81. The molecule has 1 aliphatic heterocycles. The minimum absolute atomic E-state index is 0.0900. The topological polar surface area (TPSA) is 50.2 Å². The van der Waals surface area contributed by atoms with Gasteiger partial charge in [0.25, 0.3) is 0 Å². The summed E-state index contributed by atoms with van der Waals surface area (Å²) in [6.45, 7) is 0.498. The van der Waals surface area contributed by atoms with Crippen LogP contribution in [0.1, 0.15) is 25.3 Å². The Balaban J connectivity index is 2.02. The quantitative estimate of drug-likeness (QED) is 0.941. The number of halogens is 2. The number of hydrogen-bond donors (Lipinski definition) is 1. The van der Waals surface area contributed by atoms with Crippen molar-refractivity contribution < 1.29 is 13.6 Å². The minimum Gasteiger partial charge on any atom is -0.354 e. The largest absolute Gasteiger partial charge is 0.354 e. The third kappa shape index (κ3) is 2.49. The number of nitrogens with zero attached hydrogens (tertiary/aromatic N) is 3. The Morgan fingerprint density at radius 3 is 2.81 bits per heavy atom. The van der Waals surface area contributed by atoms with E-state index in [0.717, 1.165) is 4.57 Å². The molecule has 0 unspecified atom stereocenters. The highest BCUT2D eigenvalue weighted by molar-refractivity contribution is 5.79. The van der Waals surface area contributed by atoms with Gasteiger partial charge in [0.2, 0.25) is 5.91 Å². The van der Waals surface area contributed by atoms with Crippen molar-refractivity contribution in [1.29, 1.82) is 0 Å². The molecule has 0 radical (unpaired) electrons. The molecule has 1 aromatic carbocycles. The van der Waals surface area contributed by atoms with Crippen molar-refractivity contribution in [3.8, 4) is 0 Å². The summed E-state index contributed by atoms with van der Waals surface area (Å²) in [6.07, 6.45) is 0. The van der Waals surface area contributed by atoms with Crippen molar-refractivity contribution >= 4 is 16.9 Å². The van der Waals surface area contributed by atoms with Gasteiger partial charge in [-0.25, -0.2) is 4.98 Å². The van der Waals surface area contributed by atoms with Crippen LogP contribution in [0.2, 0.25) is 0 Å². The van der Waals surface area contributed by atoms with Crippen LogP contribution in [0.25, 0.3) is 11.0 Å². The van der Waals surface area contributed by atoms with Gasteiger partial charge >= 0.3 is 6.55 Å². The minimum atomic E-state index is -2.66. The molecule has 112 valence electrons. The predicted molar refractivity (Wildman–Crippen MR) is 74.0 cm³/mol. The summed E-state index contributed by atoms with van der Waals surface area (Å²) < 4.78 is 27.8. The zero-order valence-corrected chi connectivity index (χ0v) is 11.6. The lowest BCUT2D eigenvalue weighted by atomic mass is 10.2. The summed E-state index contributed by atoms with van der Waals surface area (Å²) >= 11 is 0. The summed E-state index contributed by atoms with van der Waals surface area (Å²) in [5.74, 6) is 0.203. The first-order valence-corrected chi connectivity index (χ1v) is 6.83. The van der Waals surface area contributed by atoms with Crippen LogP contribution >= 0.6 is 0 Å². The SMILES string of the molecule is C[C@H](c1nc2ccccc2n1C(F)F)N1CCNC(=O)C1. The first-order valence-electron chi connectivity index (χ1n) is 6.83. The number of alkyl halides is 2. The highest BCUT2D eigenvalue weighted by atomic mass is 19.3. The fourth-order valence-electron chi connectivity index (χ4n) is 2.72. The number of para-hydroxylation sites is 2. The molecule has 1 aliphatic rings. The zero-order chi connectivity index (χ0) is 15.0. The van der Waals surface area contributed by atoms with E-state index in [0.29, 0.717) is 29.9 Å². The molecule has 0 aliphatic carbocycles. The number of nitrogens with one attached hydrogen (secondary N) is 1. The van der Waals surface area contributed by atoms with E-state index in [9.17, 15) is 13.6 Å². The molecule has 5 nitrogen and oxygen atoms in total. The average Bonchev–Trinajstić information content (AvgIpc) is 2.85. The van der Waals surface area contributed by atoms with Gasteiger partial charge in [0.15, 0.2) is 0 Å². The lowest BCUT2D eigenvalue weighted by Crippen LogP contribution is -2.48. The summed E-state index contributed by atoms with van der Waals surface area (Å²) in [4.78, 5) is 17.7. The van der Waals surface area contributed by atoms with Crippen LogP contribution < -0.4 is 5.32 Å². The van der Waals surface area contributed by atoms with Crippen molar-refractivity contribution in [3.05, 3.63) is 30.1 Å². The Bertz CT molecular complexity index is 670. The Labute approximate surface area is 120 Å². The molecule has 1 saturated heterocycles. The number of carbonyl (C=O) groups excluding carboxylic acids is 1. The number of aromatic nitrogens is 2. The van der Waals surface area contributed by atoms with Gasteiger partial charge in [0.05, 0.1) is 23.6 Å². The molecule has 0 spiro atoms. The summed E-state index contributed by atoms with van der Waals surface area (Å²) in [7, 11) is 0. The smallest absolute Gasteiger partial charge is 0.320 e. The number of piperazine rings is 1. The van der Waals surface area contributed by atoms with E-state index in [2.05, 4.69) is 10.3 Å². The molecule has 1 amide bonds. The number of carbonyl (C=O) groups is 1. The van der Waals surface area contributed by atoms with E-state index < -0.39 is 6.55 Å². The molecule has 1 N–H and O–H groups in total. The molecule has 1 fully saturated rings. The first kappa shape index (κ1) is 13.9. The second-order valence-electron chi connectivity index (χ2n) is 5.10. The standard InChI is InChI=1S/C14H16F2N4O/c1-9(19-7-6-17-12(21)8-19)13-18-10-4-2-3-5-11(10)20(13)14(15)16/h2-5,9,14H,6-8H2,1H3,(H,17,21)/t9-/m1/s1. The van der Waals surface area contributed by atoms with Crippen LogP contribution in [0.4, 0.5) is 8.78 Å². The van der Waals surface area contributed by atoms with Crippen molar-refractivity contribution in [2.45, 2.75) is 19.5 Å². The number of rotatable bonds is 3. The molecule has 2 aromatic rings. The predicted octanol–water partition coefficient (Wildman–Crippen LogP) is 1.92. The Kier molecular flexibility index (Phi) is 3.59. The van der Waals surface area contributed by atoms with Gasteiger partial charge in [-0.3, -0.25) is 14.3 Å². The fourth-order valence-corrected chi connectivity index (χ4v) is 2.72. The zero-order valence-electron chi connectivity index (χ0n) is 11.6. The number of benzene rings is 1. The average molecular weight is 294 g/mol. The van der Waals surface area contributed by atoms with Gasteiger partial charge in [-0.2, -0.15) is 8.78 Å². The highest BCUT2D eigenvalue weighted by Gasteiger charge is 2.28. The molecule has 0 saturated carbocycles. The van der Waals surface area contributed by atoms with Gasteiger partial charge in [-0.1, -0.05) is 12.1 Å². The van der Waals surface area contributed by atoms with Crippen LogP contribution in [-0.2, 0) is 4.79 Å². The maximum Gasteiger partial charge on any atom is 0.320 e. The van der Waals surface area contributed by atoms with Crippen LogP contribution in [0, 0.1) is 0 Å². The summed E-state index contributed by atoms with van der Waals surface area (Å²) in [5.41, 5.74) is 0.955. The van der Waals surface area contributed by atoms with Gasteiger partial charge in [0.1, 0.15) is 5.82 Å². The maximum atomic E-state index is 13.4. The number of amides is 1. The Morgan fingerprint density at radius 1 is 1.33 bits per heavy atom. The monoisotopic (exact) mass is 294 g/mol. The van der Waals surface area contributed by atoms with E-state index in [-0.39, 0.29) is 18.5 Å². The van der Waals surface area contributed by atoms with E-state index in [1.165, 1.54) is 0 Å². The van der Waals surface area contributed by atoms with Crippen molar-refractivity contribution in [3.63, 3.8) is 0 Å². The molecular weight excluding hydrogens is 278 g/mol. The van der Waals surface area contributed by atoms with Crippen molar-refractivity contribution in [1.82, 2.24) is 19.8 Å². The lowest BCUT2D eigenvalue weighted by molar-refractivity contribution is -0.124. The normalized spacial score (nSPS) is 18.2. The maximum absolute atomic E-state index is 13.4. The Morgan fingerprint density at radius 2 is 2.10 bits per heavy atom. The molecule has 7 heteroatoms. The van der Waals surface area contributed by atoms with Gasteiger partial charge in [-0.15, -0.1) is 0 Å². The first-order chi connectivity index (χ1) is 10.1. The third-order valence-electron chi connectivity index (χ3n) is 3.81. The second kappa shape index (κ2) is 5.40. The molecule has 1 atom stereocenters. The van der Waals surface area contributed by atoms with Crippen molar-refractivity contribution in [2.75, 3.05) is 19.6 Å². The molecular formula is C14H16F2N4O. The van der Waals surface area contributed by atoms with E-state index in [1.54, 1.807) is 31.2 Å². The van der Waals surface area contributed by atoms with E-state index in [4.69, 9.17) is 0 Å². The molecule has 0 bridgehead atoms. The van der Waals surface area contributed by atoms with Gasteiger partial charge < -0.3 is 5.32 Å². The van der Waals surface area contributed by atoms with Crippen LogP contribution in [0.5, 0.6) is 0 Å². The second-order valence-corrected chi connectivity index (χ2v) is 5.10. The van der Waals surface area contributed by atoms with Crippen LogP contribution in [-0.4, -0.2) is 40.0 Å². The number of hydrogen-bond acceptors (Lipinski definition) is 3. The van der Waals surface area contributed by atoms with Crippen LogP contribution in [0.15, 0.2) is 24.3 Å². The van der Waals surface area contributed by atoms with Gasteiger partial charge in [-0.05, 0) is 19.1 Å². The van der Waals surface area contributed by atoms with Gasteiger partial charge in [0, 0.05) is 13.1 Å². The Hall–Kier alpha value is -2.02. The molecule has 2 heterocycles. The fraction of sp³-hybridized carbons (Fsp3) is 0.429. The summed E-state index contributed by atoms with van der Waals surface area (Å²) in [6, 6.07) is 6.48. The van der Waals surface area contributed by atoms with E-state index in [1.807, 2.05) is 4.90 Å². The molecule has 3 rings (SSSR count). The van der Waals surface area contributed by atoms with Crippen molar-refractivity contribution in [2.24, 2.45) is 0 Å². The molecule has 21 heavy (non-hydrogen) atoms. The number of fused-ring (bicyclic) bond motifs is 1. The number of imidazole rings is 1. The lowest BCUT2D eigenvalue weighted by Gasteiger charge is -2.31. The highest BCUT2D eigenvalue weighted by Crippen LogP contribution is 2.29. The summed E-state index contributed by atoms with van der Waals surface area (Å²) in [5, 5.41) is 2.73. The van der Waals surface area contributed by atoms with E-state index >= 15 is 0 Å². The molecule has 1 aromatic heterocycles.